The number of rotatable bonds is 10. The molecule has 27 heavy (non-hydrogen) atoms. The maximum Gasteiger partial charge on any atom is 0.330 e. The van der Waals surface area contributed by atoms with E-state index >= 15 is 0 Å². The third kappa shape index (κ3) is 6.58. The summed E-state index contributed by atoms with van der Waals surface area (Å²) in [6, 6.07) is 12.6. The van der Waals surface area contributed by atoms with E-state index in [2.05, 4.69) is 0 Å². The van der Waals surface area contributed by atoms with E-state index in [9.17, 15) is 4.79 Å². The summed E-state index contributed by atoms with van der Waals surface area (Å²) < 4.78 is 26.4. The zero-order valence-corrected chi connectivity index (χ0v) is 15.8. The first-order valence-electron chi connectivity index (χ1n) is 8.58. The molecule has 0 aliphatic rings. The highest BCUT2D eigenvalue weighted by Gasteiger charge is 2.04. The number of ether oxygens (including phenoxy) is 5. The van der Waals surface area contributed by atoms with Crippen molar-refractivity contribution in [2.24, 2.45) is 0 Å². The van der Waals surface area contributed by atoms with Gasteiger partial charge in [0.1, 0.15) is 24.7 Å². The van der Waals surface area contributed by atoms with E-state index in [4.69, 9.17) is 23.7 Å². The maximum atomic E-state index is 11.8. The molecule has 2 aromatic rings. The molecule has 0 radical (unpaired) electrons. The van der Waals surface area contributed by atoms with Crippen LogP contribution in [0.2, 0.25) is 0 Å². The average molecular weight is 372 g/mol. The van der Waals surface area contributed by atoms with Crippen LogP contribution in [-0.4, -0.2) is 40.0 Å². The summed E-state index contributed by atoms with van der Waals surface area (Å²) in [5.74, 6) is 2.26. The van der Waals surface area contributed by atoms with Gasteiger partial charge in [-0.05, 0) is 55.0 Å². The van der Waals surface area contributed by atoms with E-state index in [1.807, 2.05) is 37.3 Å². The fourth-order valence-electron chi connectivity index (χ4n) is 2.27. The van der Waals surface area contributed by atoms with E-state index < -0.39 is 5.97 Å². The third-order valence-electron chi connectivity index (χ3n) is 3.55. The molecule has 2 aromatic carbocycles. The molecule has 6 heteroatoms. The van der Waals surface area contributed by atoms with Gasteiger partial charge in [0.05, 0.1) is 20.8 Å². The normalized spacial score (nSPS) is 10.5. The SMILES string of the molecule is CCOc1ccc(OCCOC(=O)/C=C/c2ccc(OC)c(OC)c2)cc1. The molecule has 0 atom stereocenters. The summed E-state index contributed by atoms with van der Waals surface area (Å²) in [6.07, 6.45) is 3.01. The highest BCUT2D eigenvalue weighted by atomic mass is 16.6. The van der Waals surface area contributed by atoms with Gasteiger partial charge in [-0.3, -0.25) is 0 Å². The Morgan fingerprint density at radius 1 is 0.889 bits per heavy atom. The highest BCUT2D eigenvalue weighted by molar-refractivity contribution is 5.87. The Labute approximate surface area is 159 Å². The molecular formula is C21H24O6. The lowest BCUT2D eigenvalue weighted by molar-refractivity contribution is -0.138. The molecule has 0 saturated heterocycles. The summed E-state index contributed by atoms with van der Waals surface area (Å²) in [5.41, 5.74) is 0.801. The molecule has 0 N–H and O–H groups in total. The molecule has 0 spiro atoms. The van der Waals surface area contributed by atoms with Crippen LogP contribution in [0.25, 0.3) is 6.08 Å². The van der Waals surface area contributed by atoms with Crippen molar-refractivity contribution in [3.05, 3.63) is 54.1 Å². The molecule has 0 saturated carbocycles. The molecule has 6 nitrogen and oxygen atoms in total. The number of hydrogen-bond acceptors (Lipinski definition) is 6. The summed E-state index contributed by atoms with van der Waals surface area (Å²) >= 11 is 0. The number of carbonyl (C=O) groups excluding carboxylic acids is 1. The van der Waals surface area contributed by atoms with Crippen LogP contribution in [0.5, 0.6) is 23.0 Å². The van der Waals surface area contributed by atoms with Crippen LogP contribution in [-0.2, 0) is 9.53 Å². The van der Waals surface area contributed by atoms with Crippen molar-refractivity contribution in [3.8, 4) is 23.0 Å². The Balaban J connectivity index is 1.75. The Morgan fingerprint density at radius 2 is 1.56 bits per heavy atom. The van der Waals surface area contributed by atoms with Crippen LogP contribution in [0, 0.1) is 0 Å². The first-order chi connectivity index (χ1) is 13.2. The quantitative estimate of drug-likeness (QED) is 0.360. The number of benzene rings is 2. The first-order valence-corrected chi connectivity index (χ1v) is 8.58. The molecule has 0 bridgehead atoms. The molecule has 144 valence electrons. The van der Waals surface area contributed by atoms with Gasteiger partial charge in [-0.1, -0.05) is 6.07 Å². The Hall–Kier alpha value is -3.15. The van der Waals surface area contributed by atoms with Gasteiger partial charge < -0.3 is 23.7 Å². The topological polar surface area (TPSA) is 63.2 Å². The minimum atomic E-state index is -0.444. The fraction of sp³-hybridized carbons (Fsp3) is 0.286. The molecule has 0 aromatic heterocycles. The van der Waals surface area contributed by atoms with Gasteiger partial charge in [0.2, 0.25) is 0 Å². The lowest BCUT2D eigenvalue weighted by Crippen LogP contribution is -2.10. The monoisotopic (exact) mass is 372 g/mol. The molecule has 0 amide bonds. The molecule has 0 aliphatic heterocycles. The number of hydrogen-bond donors (Lipinski definition) is 0. The van der Waals surface area contributed by atoms with Crippen LogP contribution >= 0.6 is 0 Å². The maximum absolute atomic E-state index is 11.8. The summed E-state index contributed by atoms with van der Waals surface area (Å²) in [5, 5.41) is 0. The van der Waals surface area contributed by atoms with Gasteiger partial charge in [-0.2, -0.15) is 0 Å². The van der Waals surface area contributed by atoms with Crippen molar-refractivity contribution in [2.75, 3.05) is 34.0 Å². The van der Waals surface area contributed by atoms with Crippen LogP contribution in [0.3, 0.4) is 0 Å². The zero-order chi connectivity index (χ0) is 19.5. The molecule has 0 unspecified atom stereocenters. The van der Waals surface area contributed by atoms with Crippen molar-refractivity contribution >= 4 is 12.0 Å². The van der Waals surface area contributed by atoms with Crippen LogP contribution in [0.4, 0.5) is 0 Å². The van der Waals surface area contributed by atoms with E-state index in [0.29, 0.717) is 23.9 Å². The molecular weight excluding hydrogens is 348 g/mol. The fourth-order valence-corrected chi connectivity index (χ4v) is 2.27. The number of methoxy groups -OCH3 is 2. The highest BCUT2D eigenvalue weighted by Crippen LogP contribution is 2.27. The van der Waals surface area contributed by atoms with E-state index in [1.54, 1.807) is 32.4 Å². The third-order valence-corrected chi connectivity index (χ3v) is 3.55. The van der Waals surface area contributed by atoms with Crippen LogP contribution < -0.4 is 18.9 Å². The second-order valence-electron chi connectivity index (χ2n) is 5.37. The van der Waals surface area contributed by atoms with Crippen molar-refractivity contribution in [2.45, 2.75) is 6.92 Å². The summed E-state index contributed by atoms with van der Waals surface area (Å²) in [6.45, 7) is 2.97. The van der Waals surface area contributed by atoms with E-state index in [-0.39, 0.29) is 13.2 Å². The van der Waals surface area contributed by atoms with Gasteiger partial charge in [0.15, 0.2) is 11.5 Å². The first kappa shape index (κ1) is 20.2. The summed E-state index contributed by atoms with van der Waals surface area (Å²) in [4.78, 5) is 11.8. The van der Waals surface area contributed by atoms with Gasteiger partial charge in [0, 0.05) is 6.08 Å². The lowest BCUT2D eigenvalue weighted by atomic mass is 10.2. The van der Waals surface area contributed by atoms with Crippen molar-refractivity contribution in [1.82, 2.24) is 0 Å². The van der Waals surface area contributed by atoms with Crippen molar-refractivity contribution in [1.29, 1.82) is 0 Å². The zero-order valence-electron chi connectivity index (χ0n) is 15.8. The minimum Gasteiger partial charge on any atom is -0.494 e. The standard InChI is InChI=1S/C21H24O6/c1-4-25-17-7-9-18(10-8-17)26-13-14-27-21(22)12-6-16-5-11-19(23-2)20(15-16)24-3/h5-12,15H,4,13-14H2,1-3H3/b12-6+. The molecule has 0 fully saturated rings. The van der Waals surface area contributed by atoms with E-state index in [0.717, 1.165) is 11.3 Å². The predicted octanol–water partition coefficient (Wildman–Crippen LogP) is 3.74. The summed E-state index contributed by atoms with van der Waals surface area (Å²) in [7, 11) is 3.13. The Morgan fingerprint density at radius 3 is 2.19 bits per heavy atom. The van der Waals surface area contributed by atoms with Crippen LogP contribution in [0.15, 0.2) is 48.5 Å². The Bertz CT molecular complexity index is 752. The average Bonchev–Trinajstić information content (AvgIpc) is 2.70. The molecule has 2 rings (SSSR count). The van der Waals surface area contributed by atoms with Gasteiger partial charge in [-0.25, -0.2) is 4.79 Å². The number of carbonyl (C=O) groups is 1. The largest absolute Gasteiger partial charge is 0.494 e. The van der Waals surface area contributed by atoms with Crippen LogP contribution in [0.1, 0.15) is 12.5 Å². The van der Waals surface area contributed by atoms with Crippen molar-refractivity contribution < 1.29 is 28.5 Å². The second-order valence-corrected chi connectivity index (χ2v) is 5.37. The lowest BCUT2D eigenvalue weighted by Gasteiger charge is -2.08. The van der Waals surface area contributed by atoms with Gasteiger partial charge in [-0.15, -0.1) is 0 Å². The van der Waals surface area contributed by atoms with Gasteiger partial charge in [0.25, 0.3) is 0 Å². The predicted molar refractivity (Wildman–Crippen MR) is 103 cm³/mol. The minimum absolute atomic E-state index is 0.155. The smallest absolute Gasteiger partial charge is 0.330 e. The Kier molecular flexibility index (Phi) is 8.03. The van der Waals surface area contributed by atoms with E-state index in [1.165, 1.54) is 6.08 Å². The number of esters is 1. The van der Waals surface area contributed by atoms with Gasteiger partial charge >= 0.3 is 5.97 Å². The molecule has 0 heterocycles. The second kappa shape index (κ2) is 10.8. The molecule has 0 aliphatic carbocycles. The van der Waals surface area contributed by atoms with Crippen molar-refractivity contribution in [3.63, 3.8) is 0 Å².